The number of aromatic amines is 1. The normalized spacial score (nSPS) is 23.2. The molecule has 3 rings (SSSR count). The molecule has 1 unspecified atom stereocenters. The van der Waals surface area contributed by atoms with Crippen molar-refractivity contribution in [1.29, 1.82) is 0 Å². The number of rotatable bonds is 3. The first-order valence-electron chi connectivity index (χ1n) is 7.59. The molecule has 0 aliphatic carbocycles. The third kappa shape index (κ3) is 2.74. The molecular weight excluding hydrogens is 246 g/mol. The highest BCUT2D eigenvalue weighted by molar-refractivity contribution is 5.83. The fraction of sp³-hybridized carbons (Fsp3) is 0.529. The van der Waals surface area contributed by atoms with Crippen LogP contribution in [0.3, 0.4) is 0 Å². The van der Waals surface area contributed by atoms with Gasteiger partial charge in [0.1, 0.15) is 0 Å². The van der Waals surface area contributed by atoms with Crippen LogP contribution in [0.2, 0.25) is 0 Å². The van der Waals surface area contributed by atoms with E-state index in [1.807, 2.05) is 0 Å². The number of H-pyrrole nitrogens is 1. The SMILES string of the molecule is CC1CNC(C)(C)CN1CCc1c[nH]c2ccccc12. The molecule has 1 saturated heterocycles. The van der Waals surface area contributed by atoms with Crippen LogP contribution in [0.1, 0.15) is 26.3 Å². The van der Waals surface area contributed by atoms with Gasteiger partial charge in [-0.1, -0.05) is 18.2 Å². The molecule has 0 amide bonds. The fourth-order valence-corrected chi connectivity index (χ4v) is 3.17. The van der Waals surface area contributed by atoms with E-state index in [0.29, 0.717) is 6.04 Å². The number of fused-ring (bicyclic) bond motifs is 1. The minimum Gasteiger partial charge on any atom is -0.361 e. The Kier molecular flexibility index (Phi) is 3.57. The largest absolute Gasteiger partial charge is 0.361 e. The van der Waals surface area contributed by atoms with Gasteiger partial charge in [0, 0.05) is 48.3 Å². The molecule has 1 fully saturated rings. The van der Waals surface area contributed by atoms with Crippen molar-refractivity contribution in [3.63, 3.8) is 0 Å². The topological polar surface area (TPSA) is 31.1 Å². The first-order chi connectivity index (χ1) is 9.55. The smallest absolute Gasteiger partial charge is 0.0456 e. The van der Waals surface area contributed by atoms with Crippen LogP contribution in [-0.4, -0.2) is 41.1 Å². The molecule has 2 heterocycles. The van der Waals surface area contributed by atoms with Gasteiger partial charge in [0.25, 0.3) is 0 Å². The van der Waals surface area contributed by atoms with Crippen LogP contribution in [0.5, 0.6) is 0 Å². The molecule has 1 aliphatic rings. The summed E-state index contributed by atoms with van der Waals surface area (Å²) in [6, 6.07) is 9.19. The average molecular weight is 271 g/mol. The Balaban J connectivity index is 1.69. The van der Waals surface area contributed by atoms with E-state index in [0.717, 1.165) is 26.1 Å². The second-order valence-corrected chi connectivity index (χ2v) is 6.69. The van der Waals surface area contributed by atoms with Crippen molar-refractivity contribution in [3.05, 3.63) is 36.0 Å². The third-order valence-electron chi connectivity index (χ3n) is 4.44. The summed E-state index contributed by atoms with van der Waals surface area (Å²) in [6.45, 7) is 10.2. The first kappa shape index (κ1) is 13.7. The lowest BCUT2D eigenvalue weighted by molar-refractivity contribution is 0.106. The lowest BCUT2D eigenvalue weighted by Crippen LogP contribution is -2.60. The molecule has 0 saturated carbocycles. The molecule has 3 heteroatoms. The fourth-order valence-electron chi connectivity index (χ4n) is 3.17. The molecule has 1 aromatic carbocycles. The van der Waals surface area contributed by atoms with E-state index in [2.05, 4.69) is 66.4 Å². The van der Waals surface area contributed by atoms with Gasteiger partial charge in [-0.2, -0.15) is 0 Å². The van der Waals surface area contributed by atoms with Gasteiger partial charge in [-0.05, 0) is 38.8 Å². The number of para-hydroxylation sites is 1. The molecule has 1 aromatic heterocycles. The van der Waals surface area contributed by atoms with Crippen molar-refractivity contribution in [2.45, 2.75) is 38.8 Å². The van der Waals surface area contributed by atoms with Gasteiger partial charge in [-0.15, -0.1) is 0 Å². The second kappa shape index (κ2) is 5.23. The van der Waals surface area contributed by atoms with Crippen LogP contribution in [0.25, 0.3) is 10.9 Å². The quantitative estimate of drug-likeness (QED) is 0.899. The standard InChI is InChI=1S/C17H25N3/c1-13-10-19-17(2,3)12-20(13)9-8-14-11-18-16-7-5-4-6-15(14)16/h4-7,11,13,18-19H,8-10,12H2,1-3H3. The summed E-state index contributed by atoms with van der Waals surface area (Å²) in [7, 11) is 0. The van der Waals surface area contributed by atoms with Crippen molar-refractivity contribution in [2.24, 2.45) is 0 Å². The van der Waals surface area contributed by atoms with Crippen molar-refractivity contribution in [2.75, 3.05) is 19.6 Å². The zero-order chi connectivity index (χ0) is 14.2. The third-order valence-corrected chi connectivity index (χ3v) is 4.44. The molecule has 2 aromatic rings. The highest BCUT2D eigenvalue weighted by Crippen LogP contribution is 2.20. The predicted octanol–water partition coefficient (Wildman–Crippen LogP) is 2.78. The number of nitrogens with one attached hydrogen (secondary N) is 2. The van der Waals surface area contributed by atoms with Gasteiger partial charge in [0.05, 0.1) is 0 Å². The first-order valence-corrected chi connectivity index (χ1v) is 7.59. The van der Waals surface area contributed by atoms with Gasteiger partial charge >= 0.3 is 0 Å². The molecule has 1 aliphatic heterocycles. The van der Waals surface area contributed by atoms with Gasteiger partial charge in [0.15, 0.2) is 0 Å². The van der Waals surface area contributed by atoms with Gasteiger partial charge in [-0.25, -0.2) is 0 Å². The zero-order valence-electron chi connectivity index (χ0n) is 12.7. The maximum absolute atomic E-state index is 3.61. The number of aromatic nitrogens is 1. The monoisotopic (exact) mass is 271 g/mol. The summed E-state index contributed by atoms with van der Waals surface area (Å²) >= 11 is 0. The Bertz CT molecular complexity index is 585. The Hall–Kier alpha value is -1.32. The molecule has 2 N–H and O–H groups in total. The summed E-state index contributed by atoms with van der Waals surface area (Å²) in [4.78, 5) is 5.98. The molecule has 0 spiro atoms. The lowest BCUT2D eigenvalue weighted by Gasteiger charge is -2.43. The summed E-state index contributed by atoms with van der Waals surface area (Å²) in [5.74, 6) is 0. The van der Waals surface area contributed by atoms with Gasteiger partial charge in [-0.3, -0.25) is 4.90 Å². The predicted molar refractivity (Wildman–Crippen MR) is 85.1 cm³/mol. The summed E-state index contributed by atoms with van der Waals surface area (Å²) in [5, 5.41) is 4.98. The van der Waals surface area contributed by atoms with Crippen LogP contribution in [0.4, 0.5) is 0 Å². The highest BCUT2D eigenvalue weighted by atomic mass is 15.2. The van der Waals surface area contributed by atoms with Crippen LogP contribution in [0, 0.1) is 0 Å². The zero-order valence-corrected chi connectivity index (χ0v) is 12.7. The highest BCUT2D eigenvalue weighted by Gasteiger charge is 2.29. The molecule has 3 nitrogen and oxygen atoms in total. The van der Waals surface area contributed by atoms with E-state index in [1.54, 1.807) is 0 Å². The number of piperazine rings is 1. The van der Waals surface area contributed by atoms with Crippen LogP contribution in [0.15, 0.2) is 30.5 Å². The van der Waals surface area contributed by atoms with Crippen LogP contribution in [-0.2, 0) is 6.42 Å². The average Bonchev–Trinajstić information content (AvgIpc) is 2.83. The van der Waals surface area contributed by atoms with Crippen molar-refractivity contribution in [1.82, 2.24) is 15.2 Å². The van der Waals surface area contributed by atoms with E-state index in [1.165, 1.54) is 16.5 Å². The number of hydrogen-bond donors (Lipinski definition) is 2. The Labute approximate surface area is 121 Å². The summed E-state index contributed by atoms with van der Waals surface area (Å²) < 4.78 is 0. The summed E-state index contributed by atoms with van der Waals surface area (Å²) in [5.41, 5.74) is 2.91. The van der Waals surface area contributed by atoms with E-state index in [-0.39, 0.29) is 5.54 Å². The maximum atomic E-state index is 3.61. The molecule has 20 heavy (non-hydrogen) atoms. The van der Waals surface area contributed by atoms with Crippen LogP contribution < -0.4 is 5.32 Å². The molecular formula is C17H25N3. The summed E-state index contributed by atoms with van der Waals surface area (Å²) in [6.07, 6.45) is 3.28. The second-order valence-electron chi connectivity index (χ2n) is 6.69. The number of nitrogens with zero attached hydrogens (tertiary/aromatic N) is 1. The van der Waals surface area contributed by atoms with E-state index in [9.17, 15) is 0 Å². The van der Waals surface area contributed by atoms with Gasteiger partial charge < -0.3 is 10.3 Å². The van der Waals surface area contributed by atoms with E-state index < -0.39 is 0 Å². The molecule has 108 valence electrons. The number of hydrogen-bond acceptors (Lipinski definition) is 2. The Morgan fingerprint density at radius 1 is 1.30 bits per heavy atom. The molecule has 0 radical (unpaired) electrons. The molecule has 0 bridgehead atoms. The minimum absolute atomic E-state index is 0.229. The molecule has 1 atom stereocenters. The number of benzene rings is 1. The Morgan fingerprint density at radius 2 is 2.10 bits per heavy atom. The van der Waals surface area contributed by atoms with Gasteiger partial charge in [0.2, 0.25) is 0 Å². The van der Waals surface area contributed by atoms with E-state index >= 15 is 0 Å². The Morgan fingerprint density at radius 3 is 2.95 bits per heavy atom. The van der Waals surface area contributed by atoms with Crippen LogP contribution >= 0.6 is 0 Å². The van der Waals surface area contributed by atoms with Crippen molar-refractivity contribution < 1.29 is 0 Å². The van der Waals surface area contributed by atoms with Crippen molar-refractivity contribution in [3.8, 4) is 0 Å². The maximum Gasteiger partial charge on any atom is 0.0456 e. The van der Waals surface area contributed by atoms with E-state index in [4.69, 9.17) is 0 Å². The minimum atomic E-state index is 0.229. The lowest BCUT2D eigenvalue weighted by atomic mass is 9.98. The van der Waals surface area contributed by atoms with Crippen molar-refractivity contribution >= 4 is 10.9 Å².